The maximum absolute atomic E-state index is 13.0. The van der Waals surface area contributed by atoms with E-state index in [-0.39, 0.29) is 16.6 Å². The van der Waals surface area contributed by atoms with Crippen LogP contribution < -0.4 is 4.74 Å². The Labute approximate surface area is 161 Å². The summed E-state index contributed by atoms with van der Waals surface area (Å²) in [5, 5.41) is 0. The second-order valence-corrected chi connectivity index (χ2v) is 9.94. The molecule has 4 rings (SSSR count). The standard InChI is InChI=1S/C20H29NO5S/c1-24-17-3-2-4-19(13-17)27(22,23)21-10-8-20(9-11-21)14-18(7-12-26-20)25-15-16-5-6-16/h2-4,13,16,18H,5-12,14-15H2,1H3. The maximum atomic E-state index is 13.0. The minimum atomic E-state index is -3.51. The van der Waals surface area contributed by atoms with E-state index in [0.717, 1.165) is 38.2 Å². The number of hydrogen-bond acceptors (Lipinski definition) is 5. The van der Waals surface area contributed by atoms with E-state index in [1.165, 1.54) is 12.8 Å². The molecule has 27 heavy (non-hydrogen) atoms. The topological polar surface area (TPSA) is 65.1 Å². The van der Waals surface area contributed by atoms with E-state index in [2.05, 4.69) is 0 Å². The number of sulfonamides is 1. The molecule has 0 amide bonds. The van der Waals surface area contributed by atoms with Crippen LogP contribution in [0.5, 0.6) is 5.75 Å². The number of nitrogens with zero attached hydrogens (tertiary/aromatic N) is 1. The van der Waals surface area contributed by atoms with Crippen molar-refractivity contribution in [1.82, 2.24) is 4.31 Å². The highest BCUT2D eigenvalue weighted by molar-refractivity contribution is 7.89. The van der Waals surface area contributed by atoms with Gasteiger partial charge in [-0.25, -0.2) is 8.42 Å². The molecule has 150 valence electrons. The van der Waals surface area contributed by atoms with Crippen molar-refractivity contribution < 1.29 is 22.6 Å². The van der Waals surface area contributed by atoms with Crippen molar-refractivity contribution in [3.8, 4) is 5.75 Å². The van der Waals surface area contributed by atoms with Gasteiger partial charge in [-0.15, -0.1) is 0 Å². The van der Waals surface area contributed by atoms with Gasteiger partial charge in [0, 0.05) is 38.8 Å². The van der Waals surface area contributed by atoms with E-state index in [1.807, 2.05) is 0 Å². The first kappa shape index (κ1) is 19.2. The molecule has 1 aliphatic carbocycles. The number of ether oxygens (including phenoxy) is 3. The van der Waals surface area contributed by atoms with Crippen molar-refractivity contribution in [3.63, 3.8) is 0 Å². The Bertz CT molecular complexity index is 753. The van der Waals surface area contributed by atoms with Crippen LogP contribution in [0.4, 0.5) is 0 Å². The van der Waals surface area contributed by atoms with Crippen LogP contribution in [-0.2, 0) is 19.5 Å². The molecule has 1 saturated carbocycles. The Kier molecular flexibility index (Phi) is 5.47. The number of piperidine rings is 1. The normalized spacial score (nSPS) is 26.2. The summed E-state index contributed by atoms with van der Waals surface area (Å²) in [6.07, 6.45) is 6.11. The van der Waals surface area contributed by atoms with Gasteiger partial charge >= 0.3 is 0 Å². The van der Waals surface area contributed by atoms with Gasteiger partial charge < -0.3 is 14.2 Å². The summed E-state index contributed by atoms with van der Waals surface area (Å²) in [5.74, 6) is 1.31. The minimum Gasteiger partial charge on any atom is -0.497 e. The van der Waals surface area contributed by atoms with Crippen LogP contribution in [-0.4, -0.2) is 57.8 Å². The van der Waals surface area contributed by atoms with E-state index in [4.69, 9.17) is 14.2 Å². The number of methoxy groups -OCH3 is 1. The lowest BCUT2D eigenvalue weighted by Crippen LogP contribution is -2.52. The lowest BCUT2D eigenvalue weighted by Gasteiger charge is -2.45. The average Bonchev–Trinajstić information content (AvgIpc) is 3.51. The molecular formula is C20H29NO5S. The fourth-order valence-corrected chi connectivity index (χ4v) is 5.55. The zero-order valence-corrected chi connectivity index (χ0v) is 16.7. The summed E-state index contributed by atoms with van der Waals surface area (Å²) >= 11 is 0. The van der Waals surface area contributed by atoms with Gasteiger partial charge in [-0.2, -0.15) is 4.31 Å². The Balaban J connectivity index is 1.38. The summed E-state index contributed by atoms with van der Waals surface area (Å²) in [6, 6.07) is 6.67. The number of rotatable bonds is 6. The van der Waals surface area contributed by atoms with Crippen LogP contribution in [0.2, 0.25) is 0 Å². The molecule has 1 aromatic rings. The molecule has 1 atom stereocenters. The summed E-state index contributed by atoms with van der Waals surface area (Å²) < 4.78 is 44.9. The quantitative estimate of drug-likeness (QED) is 0.741. The molecule has 1 spiro atoms. The van der Waals surface area contributed by atoms with Gasteiger partial charge in [0.25, 0.3) is 0 Å². The monoisotopic (exact) mass is 395 g/mol. The summed E-state index contributed by atoms with van der Waals surface area (Å²) in [5.41, 5.74) is -0.229. The molecule has 3 aliphatic rings. The number of benzene rings is 1. The van der Waals surface area contributed by atoms with Crippen LogP contribution in [0.25, 0.3) is 0 Å². The largest absolute Gasteiger partial charge is 0.497 e. The third kappa shape index (κ3) is 4.31. The SMILES string of the molecule is COc1cccc(S(=O)(=O)N2CCC3(CC2)CC(OCC2CC2)CCO3)c1. The van der Waals surface area contributed by atoms with Crippen LogP contribution in [0.15, 0.2) is 29.2 Å². The van der Waals surface area contributed by atoms with Gasteiger partial charge in [0.05, 0.1) is 23.7 Å². The van der Waals surface area contributed by atoms with Gasteiger partial charge in [0.2, 0.25) is 10.0 Å². The number of hydrogen-bond donors (Lipinski definition) is 0. The molecule has 2 saturated heterocycles. The van der Waals surface area contributed by atoms with Crippen LogP contribution in [0, 0.1) is 5.92 Å². The van der Waals surface area contributed by atoms with E-state index in [0.29, 0.717) is 25.4 Å². The molecule has 6 nitrogen and oxygen atoms in total. The first-order valence-electron chi connectivity index (χ1n) is 9.91. The highest BCUT2D eigenvalue weighted by Crippen LogP contribution is 2.38. The zero-order chi connectivity index (χ0) is 18.9. The smallest absolute Gasteiger partial charge is 0.243 e. The third-order valence-electron chi connectivity index (χ3n) is 6.02. The Morgan fingerprint density at radius 2 is 2.00 bits per heavy atom. The van der Waals surface area contributed by atoms with Gasteiger partial charge in [-0.3, -0.25) is 0 Å². The minimum absolute atomic E-state index is 0.229. The van der Waals surface area contributed by atoms with Crippen molar-refractivity contribution >= 4 is 10.0 Å². The van der Waals surface area contributed by atoms with Crippen molar-refractivity contribution in [2.24, 2.45) is 5.92 Å². The summed E-state index contributed by atoms with van der Waals surface area (Å²) in [6.45, 7) is 2.54. The molecule has 3 fully saturated rings. The predicted octanol–water partition coefficient (Wildman–Crippen LogP) is 2.82. The molecule has 7 heteroatoms. The first-order valence-corrected chi connectivity index (χ1v) is 11.3. The summed E-state index contributed by atoms with van der Waals surface area (Å²) in [4.78, 5) is 0.285. The van der Waals surface area contributed by atoms with Gasteiger partial charge in [0.1, 0.15) is 5.75 Å². The Hall–Kier alpha value is -1.15. The molecular weight excluding hydrogens is 366 g/mol. The molecule has 2 aliphatic heterocycles. The average molecular weight is 396 g/mol. The second kappa shape index (κ2) is 7.70. The predicted molar refractivity (Wildman–Crippen MR) is 101 cm³/mol. The van der Waals surface area contributed by atoms with Gasteiger partial charge in [0.15, 0.2) is 0 Å². The molecule has 2 heterocycles. The van der Waals surface area contributed by atoms with E-state index in [9.17, 15) is 8.42 Å². The highest BCUT2D eigenvalue weighted by Gasteiger charge is 2.43. The van der Waals surface area contributed by atoms with E-state index in [1.54, 1.807) is 35.7 Å². The third-order valence-corrected chi connectivity index (χ3v) is 7.92. The van der Waals surface area contributed by atoms with Crippen molar-refractivity contribution in [2.75, 3.05) is 33.4 Å². The first-order chi connectivity index (χ1) is 13.0. The van der Waals surface area contributed by atoms with Gasteiger partial charge in [-0.1, -0.05) is 6.07 Å². The lowest BCUT2D eigenvalue weighted by atomic mass is 9.84. The lowest BCUT2D eigenvalue weighted by molar-refractivity contribution is -0.151. The maximum Gasteiger partial charge on any atom is 0.243 e. The fourth-order valence-electron chi connectivity index (χ4n) is 4.07. The van der Waals surface area contributed by atoms with E-state index >= 15 is 0 Å². The van der Waals surface area contributed by atoms with E-state index < -0.39 is 10.0 Å². The van der Waals surface area contributed by atoms with Crippen LogP contribution in [0.1, 0.15) is 38.5 Å². The molecule has 0 aromatic heterocycles. The molecule has 0 bridgehead atoms. The van der Waals surface area contributed by atoms with Crippen molar-refractivity contribution in [1.29, 1.82) is 0 Å². The Morgan fingerprint density at radius 3 is 2.70 bits per heavy atom. The molecule has 0 radical (unpaired) electrons. The molecule has 1 unspecified atom stereocenters. The zero-order valence-electron chi connectivity index (χ0n) is 15.9. The van der Waals surface area contributed by atoms with Crippen LogP contribution >= 0.6 is 0 Å². The molecule has 1 aromatic carbocycles. The van der Waals surface area contributed by atoms with Crippen LogP contribution in [0.3, 0.4) is 0 Å². The highest BCUT2D eigenvalue weighted by atomic mass is 32.2. The van der Waals surface area contributed by atoms with Crippen molar-refractivity contribution in [2.45, 2.75) is 55.1 Å². The van der Waals surface area contributed by atoms with Gasteiger partial charge in [-0.05, 0) is 50.2 Å². The fraction of sp³-hybridized carbons (Fsp3) is 0.700. The van der Waals surface area contributed by atoms with Crippen molar-refractivity contribution in [3.05, 3.63) is 24.3 Å². The summed E-state index contributed by atoms with van der Waals surface area (Å²) in [7, 11) is -1.97. The Morgan fingerprint density at radius 1 is 1.22 bits per heavy atom. The second-order valence-electron chi connectivity index (χ2n) is 8.01. The molecule has 0 N–H and O–H groups in total.